The fourth-order valence-corrected chi connectivity index (χ4v) is 3.95. The number of nitrogens with zero attached hydrogens (tertiary/aromatic N) is 1. The maximum Gasteiger partial charge on any atom is 0.100 e. The number of hydrogen-bond donors (Lipinski definition) is 0. The molecule has 0 atom stereocenters. The monoisotopic (exact) mass is 355 g/mol. The van der Waals surface area contributed by atoms with Crippen LogP contribution in [0.4, 0.5) is 0 Å². The smallest absolute Gasteiger partial charge is 0.100 e. The van der Waals surface area contributed by atoms with Crippen LogP contribution >= 0.6 is 0 Å². The molecule has 5 rings (SSSR count). The predicted octanol–water partition coefficient (Wildman–Crippen LogP) is 7.20. The van der Waals surface area contributed by atoms with Gasteiger partial charge < -0.3 is 0 Å². The molecule has 0 radical (unpaired) electrons. The molecule has 0 aliphatic carbocycles. The summed E-state index contributed by atoms with van der Waals surface area (Å²) in [5, 5.41) is 14.8. The van der Waals surface area contributed by atoms with E-state index in [9.17, 15) is 5.26 Å². The molecule has 0 aliphatic heterocycles. The van der Waals surface area contributed by atoms with Crippen LogP contribution in [0.3, 0.4) is 0 Å². The molecule has 1 nitrogen and oxygen atoms in total. The van der Waals surface area contributed by atoms with Gasteiger partial charge in [0, 0.05) is 11.1 Å². The Morgan fingerprint density at radius 1 is 0.536 bits per heavy atom. The normalized spacial score (nSPS) is 10.8. The first-order chi connectivity index (χ1) is 13.8. The van der Waals surface area contributed by atoms with Crippen molar-refractivity contribution in [1.82, 2.24) is 0 Å². The van der Waals surface area contributed by atoms with Crippen LogP contribution in [0.5, 0.6) is 0 Å². The molecule has 0 bridgehead atoms. The summed E-state index contributed by atoms with van der Waals surface area (Å²) in [4.78, 5) is 0. The van der Waals surface area contributed by atoms with Crippen LogP contribution in [0, 0.1) is 11.3 Å². The lowest BCUT2D eigenvalue weighted by atomic mass is 9.87. The summed E-state index contributed by atoms with van der Waals surface area (Å²) in [5.74, 6) is 0. The van der Waals surface area contributed by atoms with E-state index in [0.717, 1.165) is 38.6 Å². The third-order valence-electron chi connectivity index (χ3n) is 5.28. The van der Waals surface area contributed by atoms with Crippen molar-refractivity contribution >= 4 is 21.5 Å². The van der Waals surface area contributed by atoms with Crippen molar-refractivity contribution in [2.45, 2.75) is 0 Å². The summed E-state index contributed by atoms with van der Waals surface area (Å²) in [7, 11) is 0. The molecule has 130 valence electrons. The Labute approximate surface area is 164 Å². The summed E-state index contributed by atoms with van der Waals surface area (Å²) in [6.07, 6.45) is 0. The zero-order chi connectivity index (χ0) is 18.9. The minimum Gasteiger partial charge on any atom is -0.192 e. The van der Waals surface area contributed by atoms with Crippen LogP contribution in [-0.4, -0.2) is 0 Å². The quantitative estimate of drug-likeness (QED) is 0.328. The first kappa shape index (κ1) is 16.3. The molecule has 0 saturated heterocycles. The van der Waals surface area contributed by atoms with Gasteiger partial charge in [-0.1, -0.05) is 91.0 Å². The maximum absolute atomic E-state index is 10.1. The highest BCUT2D eigenvalue weighted by Crippen LogP contribution is 2.39. The zero-order valence-electron chi connectivity index (χ0n) is 15.3. The van der Waals surface area contributed by atoms with Gasteiger partial charge in [-0.05, 0) is 44.8 Å². The average molecular weight is 355 g/mol. The Morgan fingerprint density at radius 2 is 1.21 bits per heavy atom. The van der Waals surface area contributed by atoms with Crippen LogP contribution in [0.1, 0.15) is 5.56 Å². The summed E-state index contributed by atoms with van der Waals surface area (Å²) >= 11 is 0. The highest BCUT2D eigenvalue weighted by molar-refractivity contribution is 6.04. The van der Waals surface area contributed by atoms with Crippen molar-refractivity contribution in [1.29, 1.82) is 5.26 Å². The first-order valence-electron chi connectivity index (χ1n) is 9.35. The summed E-state index contributed by atoms with van der Waals surface area (Å²) in [6, 6.07) is 37.9. The molecule has 0 fully saturated rings. The molecule has 28 heavy (non-hydrogen) atoms. The van der Waals surface area contributed by atoms with Crippen LogP contribution < -0.4 is 0 Å². The minimum absolute atomic E-state index is 0.722. The van der Waals surface area contributed by atoms with Crippen molar-refractivity contribution in [3.05, 3.63) is 109 Å². The Morgan fingerprint density at radius 3 is 2.00 bits per heavy atom. The Bertz CT molecular complexity index is 1360. The molecule has 1 heteroatoms. The van der Waals surface area contributed by atoms with E-state index in [4.69, 9.17) is 0 Å². The third-order valence-corrected chi connectivity index (χ3v) is 5.28. The van der Waals surface area contributed by atoms with Gasteiger partial charge in [-0.3, -0.25) is 0 Å². The van der Waals surface area contributed by atoms with Gasteiger partial charge in [-0.2, -0.15) is 5.26 Å². The van der Waals surface area contributed by atoms with Crippen LogP contribution in [0.2, 0.25) is 0 Å². The van der Waals surface area contributed by atoms with E-state index in [2.05, 4.69) is 66.7 Å². The fourth-order valence-electron chi connectivity index (χ4n) is 3.95. The highest BCUT2D eigenvalue weighted by atomic mass is 14.3. The number of rotatable bonds is 2. The Kier molecular flexibility index (Phi) is 3.89. The first-order valence-corrected chi connectivity index (χ1v) is 9.35. The van der Waals surface area contributed by atoms with Gasteiger partial charge in [-0.25, -0.2) is 0 Å². The molecule has 0 amide bonds. The summed E-state index contributed by atoms with van der Waals surface area (Å²) < 4.78 is 0. The average Bonchev–Trinajstić information content (AvgIpc) is 2.78. The second kappa shape index (κ2) is 6.68. The second-order valence-corrected chi connectivity index (χ2v) is 6.94. The topological polar surface area (TPSA) is 23.8 Å². The van der Waals surface area contributed by atoms with E-state index in [0.29, 0.717) is 0 Å². The van der Waals surface area contributed by atoms with E-state index in [1.165, 1.54) is 10.8 Å². The molecule has 0 unspecified atom stereocenters. The van der Waals surface area contributed by atoms with Crippen LogP contribution in [0.25, 0.3) is 43.8 Å². The van der Waals surface area contributed by atoms with Crippen LogP contribution in [-0.2, 0) is 0 Å². The third kappa shape index (κ3) is 2.64. The van der Waals surface area contributed by atoms with Crippen molar-refractivity contribution in [3.63, 3.8) is 0 Å². The molecule has 5 aromatic rings. The molecule has 0 aromatic heterocycles. The van der Waals surface area contributed by atoms with Gasteiger partial charge in [0.15, 0.2) is 0 Å². The lowest BCUT2D eigenvalue weighted by Crippen LogP contribution is -1.92. The van der Waals surface area contributed by atoms with E-state index in [1.54, 1.807) is 0 Å². The number of fused-ring (bicyclic) bond motifs is 2. The summed E-state index contributed by atoms with van der Waals surface area (Å²) in [5.41, 5.74) is 4.84. The van der Waals surface area contributed by atoms with Gasteiger partial charge in [0.2, 0.25) is 0 Å². The van der Waals surface area contributed by atoms with Crippen molar-refractivity contribution in [2.24, 2.45) is 0 Å². The molecule has 5 aromatic carbocycles. The largest absolute Gasteiger partial charge is 0.192 e. The number of hydrogen-bond acceptors (Lipinski definition) is 1. The maximum atomic E-state index is 10.1. The molecule has 0 heterocycles. The Balaban J connectivity index is 1.88. The molecule has 0 saturated carbocycles. The standard InChI is InChI=1S/C27H17N/c28-18-26-25(23-15-14-19-8-4-5-11-21(19)16-23)17-22-12-6-7-13-24(22)27(26)20-9-2-1-3-10-20/h1-17H. The van der Waals surface area contributed by atoms with E-state index in [1.807, 2.05) is 42.5 Å². The van der Waals surface area contributed by atoms with Gasteiger partial charge in [0.1, 0.15) is 6.07 Å². The molecule has 0 N–H and O–H groups in total. The fraction of sp³-hybridized carbons (Fsp3) is 0. The van der Waals surface area contributed by atoms with E-state index >= 15 is 0 Å². The van der Waals surface area contributed by atoms with Crippen molar-refractivity contribution in [2.75, 3.05) is 0 Å². The number of benzene rings is 5. The Hall–Kier alpha value is -3.89. The molecular formula is C27H17N. The van der Waals surface area contributed by atoms with Crippen LogP contribution in [0.15, 0.2) is 103 Å². The number of nitriles is 1. The van der Waals surface area contributed by atoms with E-state index < -0.39 is 0 Å². The van der Waals surface area contributed by atoms with E-state index in [-0.39, 0.29) is 0 Å². The molecular weight excluding hydrogens is 338 g/mol. The molecule has 0 aliphatic rings. The van der Waals surface area contributed by atoms with Crippen molar-refractivity contribution < 1.29 is 0 Å². The van der Waals surface area contributed by atoms with Crippen molar-refractivity contribution in [3.8, 4) is 28.3 Å². The zero-order valence-corrected chi connectivity index (χ0v) is 15.3. The SMILES string of the molecule is N#Cc1c(-c2ccc3ccccc3c2)cc2ccccc2c1-c1ccccc1. The summed E-state index contributed by atoms with van der Waals surface area (Å²) in [6.45, 7) is 0. The predicted molar refractivity (Wildman–Crippen MR) is 117 cm³/mol. The lowest BCUT2D eigenvalue weighted by molar-refractivity contribution is 1.48. The van der Waals surface area contributed by atoms with Gasteiger partial charge in [-0.15, -0.1) is 0 Å². The second-order valence-electron chi connectivity index (χ2n) is 6.94. The lowest BCUT2D eigenvalue weighted by Gasteiger charge is -2.15. The van der Waals surface area contributed by atoms with Gasteiger partial charge in [0.25, 0.3) is 0 Å². The minimum atomic E-state index is 0.722. The van der Waals surface area contributed by atoms with Gasteiger partial charge in [0.05, 0.1) is 5.56 Å². The molecule has 0 spiro atoms. The van der Waals surface area contributed by atoms with Gasteiger partial charge >= 0.3 is 0 Å². The highest BCUT2D eigenvalue weighted by Gasteiger charge is 2.16.